The first kappa shape index (κ1) is 29.7. The third-order valence-corrected chi connectivity index (χ3v) is 5.22. The summed E-state index contributed by atoms with van der Waals surface area (Å²) < 4.78 is 18.0. The topological polar surface area (TPSA) is 81.2 Å². The summed E-state index contributed by atoms with van der Waals surface area (Å²) in [4.78, 5) is 10.9. The van der Waals surface area contributed by atoms with Gasteiger partial charge in [-0.2, -0.15) is 5.10 Å². The van der Waals surface area contributed by atoms with Crippen LogP contribution in [0.5, 0.6) is 11.5 Å². The Morgan fingerprint density at radius 3 is 2.53 bits per heavy atom. The van der Waals surface area contributed by atoms with E-state index in [-0.39, 0.29) is 5.91 Å². The van der Waals surface area contributed by atoms with E-state index in [0.29, 0.717) is 54.4 Å². The summed E-state index contributed by atoms with van der Waals surface area (Å²) in [5, 5.41) is 7.57. The summed E-state index contributed by atoms with van der Waals surface area (Å²) in [5.74, 6) is 1.58. The summed E-state index contributed by atoms with van der Waals surface area (Å²) >= 11 is 9.75. The molecule has 0 aliphatic rings. The third-order valence-electron chi connectivity index (χ3n) is 4.28. The Morgan fingerprint density at radius 2 is 1.88 bits per heavy atom. The highest BCUT2D eigenvalue weighted by Gasteiger charge is 2.06. The molecule has 0 spiro atoms. The van der Waals surface area contributed by atoms with Gasteiger partial charge in [0.25, 0.3) is 0 Å². The summed E-state index contributed by atoms with van der Waals surface area (Å²) in [6, 6.07) is 6.15. The highest BCUT2D eigenvalue weighted by molar-refractivity contribution is 9.10. The number of hydrazone groups is 1. The van der Waals surface area contributed by atoms with Crippen LogP contribution in [0.2, 0.25) is 0 Å². The van der Waals surface area contributed by atoms with Gasteiger partial charge in [-0.1, -0.05) is 38.6 Å². The van der Waals surface area contributed by atoms with Crippen LogP contribution in [0.4, 0.5) is 0 Å². The van der Waals surface area contributed by atoms with Crippen molar-refractivity contribution in [2.45, 2.75) is 46.6 Å². The van der Waals surface area contributed by atoms with Crippen LogP contribution in [0.25, 0.3) is 0 Å². The second-order valence-electron chi connectivity index (χ2n) is 7.76. The second kappa shape index (κ2) is 16.4. The normalized spacial score (nSPS) is 11.9. The molecule has 0 radical (unpaired) electrons. The number of rotatable bonds is 16. The summed E-state index contributed by atoms with van der Waals surface area (Å²) in [6.07, 6.45) is 3.17. The van der Waals surface area contributed by atoms with Gasteiger partial charge in [0.05, 0.1) is 35.0 Å². The molecule has 0 atom stereocenters. The maximum Gasteiger partial charge on any atom is 0.236 e. The van der Waals surface area contributed by atoms with Gasteiger partial charge in [-0.05, 0) is 65.7 Å². The standard InChI is InChI=1S/C25H35BrClN3O4/c1-17(2)28-11-7-12-33-22-9-10-25(23(26)16-22)34-14-8-13-32-20(5)24(27)15-18(3)19(4)29-30-21(6)31/h9-10,15-17,28H,3,5,7-8,11-14H2,1-2,4,6H3,(H,30,31)/b24-15+,29-19+. The zero-order valence-electron chi connectivity index (χ0n) is 20.4. The Kier molecular flexibility index (Phi) is 14.3. The average molecular weight is 557 g/mol. The maximum absolute atomic E-state index is 10.9. The summed E-state index contributed by atoms with van der Waals surface area (Å²) in [7, 11) is 0. The van der Waals surface area contributed by atoms with Crippen molar-refractivity contribution < 1.29 is 19.0 Å². The molecule has 0 saturated heterocycles. The maximum atomic E-state index is 10.9. The van der Waals surface area contributed by atoms with Crippen LogP contribution in [-0.2, 0) is 9.53 Å². The van der Waals surface area contributed by atoms with E-state index in [1.807, 2.05) is 18.2 Å². The molecule has 9 heteroatoms. The molecule has 1 amide bonds. The summed E-state index contributed by atoms with van der Waals surface area (Å²) in [5.41, 5.74) is 3.42. The van der Waals surface area contributed by atoms with Gasteiger partial charge in [0.15, 0.2) is 0 Å². The minimum atomic E-state index is -0.265. The molecule has 0 fully saturated rings. The molecule has 0 aromatic heterocycles. The first-order valence-electron chi connectivity index (χ1n) is 11.1. The number of benzene rings is 1. The SMILES string of the molecule is C=C(OCCCOc1ccc(OCCCNC(C)C)cc1Br)/C(Cl)=C\C(=C)/C(C)=N/NC(C)=O. The van der Waals surface area contributed by atoms with E-state index >= 15 is 0 Å². The van der Waals surface area contributed by atoms with Crippen molar-refractivity contribution in [3.63, 3.8) is 0 Å². The molecule has 34 heavy (non-hydrogen) atoms. The number of hydrogen-bond acceptors (Lipinski definition) is 6. The van der Waals surface area contributed by atoms with Crippen LogP contribution in [-0.4, -0.2) is 44.0 Å². The lowest BCUT2D eigenvalue weighted by Crippen LogP contribution is -2.24. The lowest BCUT2D eigenvalue weighted by Gasteiger charge is -2.12. The molecule has 1 rings (SSSR count). The van der Waals surface area contributed by atoms with Crippen LogP contribution < -0.4 is 20.2 Å². The van der Waals surface area contributed by atoms with Crippen LogP contribution >= 0.6 is 27.5 Å². The van der Waals surface area contributed by atoms with Gasteiger partial charge < -0.3 is 19.5 Å². The van der Waals surface area contributed by atoms with E-state index in [9.17, 15) is 4.79 Å². The monoisotopic (exact) mass is 555 g/mol. The first-order valence-corrected chi connectivity index (χ1v) is 12.2. The van der Waals surface area contributed by atoms with E-state index < -0.39 is 0 Å². The van der Waals surface area contributed by atoms with Gasteiger partial charge in [0.2, 0.25) is 5.91 Å². The number of halogens is 2. The number of nitrogens with zero attached hydrogens (tertiary/aromatic N) is 1. The fourth-order valence-corrected chi connectivity index (χ4v) is 3.08. The van der Waals surface area contributed by atoms with Gasteiger partial charge in [-0.15, -0.1) is 0 Å². The Morgan fingerprint density at radius 1 is 1.18 bits per heavy atom. The van der Waals surface area contributed by atoms with Crippen molar-refractivity contribution in [3.05, 3.63) is 58.3 Å². The van der Waals surface area contributed by atoms with E-state index in [1.54, 1.807) is 13.0 Å². The van der Waals surface area contributed by atoms with Crippen molar-refractivity contribution in [2.24, 2.45) is 5.10 Å². The minimum absolute atomic E-state index is 0.265. The molecule has 7 nitrogen and oxygen atoms in total. The fourth-order valence-electron chi connectivity index (χ4n) is 2.42. The zero-order valence-corrected chi connectivity index (χ0v) is 22.7. The third kappa shape index (κ3) is 12.8. The van der Waals surface area contributed by atoms with E-state index in [4.69, 9.17) is 25.8 Å². The van der Waals surface area contributed by atoms with Crippen LogP contribution in [0.15, 0.2) is 63.4 Å². The van der Waals surface area contributed by atoms with Crippen molar-refractivity contribution in [1.29, 1.82) is 0 Å². The molecule has 0 aliphatic heterocycles. The van der Waals surface area contributed by atoms with Gasteiger partial charge in [0, 0.05) is 19.4 Å². The van der Waals surface area contributed by atoms with Crippen LogP contribution in [0.3, 0.4) is 0 Å². The van der Waals surface area contributed by atoms with Gasteiger partial charge in [-0.3, -0.25) is 4.79 Å². The molecule has 0 unspecified atom stereocenters. The Hall–Kier alpha value is -2.29. The van der Waals surface area contributed by atoms with Gasteiger partial charge in [0.1, 0.15) is 17.3 Å². The lowest BCUT2D eigenvalue weighted by atomic mass is 10.2. The van der Waals surface area contributed by atoms with Gasteiger partial charge in [-0.25, -0.2) is 5.43 Å². The minimum Gasteiger partial charge on any atom is -0.494 e. The number of ether oxygens (including phenoxy) is 3. The highest BCUT2D eigenvalue weighted by Crippen LogP contribution is 2.29. The van der Waals surface area contributed by atoms with Crippen molar-refractivity contribution in [1.82, 2.24) is 10.7 Å². The molecule has 188 valence electrons. The molecule has 0 aliphatic carbocycles. The molecule has 0 bridgehead atoms. The Labute approximate surface area is 216 Å². The summed E-state index contributed by atoms with van der Waals surface area (Å²) in [6.45, 7) is 17.5. The fraction of sp³-hybridized carbons (Fsp3) is 0.440. The molecule has 0 heterocycles. The number of nitrogens with one attached hydrogen (secondary N) is 2. The Balaban J connectivity index is 2.35. The van der Waals surface area contributed by atoms with E-state index in [1.165, 1.54) is 6.92 Å². The van der Waals surface area contributed by atoms with E-state index in [2.05, 4.69) is 58.8 Å². The lowest BCUT2D eigenvalue weighted by molar-refractivity contribution is -0.118. The molecule has 0 saturated carbocycles. The number of amides is 1. The number of carbonyl (C=O) groups is 1. The van der Waals surface area contributed by atoms with Crippen molar-refractivity contribution in [3.8, 4) is 11.5 Å². The van der Waals surface area contributed by atoms with Crippen molar-refractivity contribution >= 4 is 39.1 Å². The Bertz CT molecular complexity index is 900. The number of carbonyl (C=O) groups excluding carboxylic acids is 1. The number of hydrogen-bond donors (Lipinski definition) is 2. The van der Waals surface area contributed by atoms with E-state index in [0.717, 1.165) is 28.9 Å². The van der Waals surface area contributed by atoms with Crippen LogP contribution in [0.1, 0.15) is 40.5 Å². The average Bonchev–Trinajstić information content (AvgIpc) is 2.77. The quantitative estimate of drug-likeness (QED) is 0.0897. The zero-order chi connectivity index (χ0) is 25.5. The predicted octanol–water partition coefficient (Wildman–Crippen LogP) is 5.71. The van der Waals surface area contributed by atoms with Crippen LogP contribution in [0, 0.1) is 0 Å². The molecule has 1 aromatic carbocycles. The van der Waals surface area contributed by atoms with Gasteiger partial charge >= 0.3 is 0 Å². The smallest absolute Gasteiger partial charge is 0.236 e. The molecule has 1 aromatic rings. The molecular weight excluding hydrogens is 522 g/mol. The second-order valence-corrected chi connectivity index (χ2v) is 9.02. The first-order chi connectivity index (χ1) is 16.1. The molecular formula is C25H35BrClN3O4. The predicted molar refractivity (Wildman–Crippen MR) is 143 cm³/mol. The largest absolute Gasteiger partial charge is 0.494 e. The van der Waals surface area contributed by atoms with Crippen molar-refractivity contribution in [2.75, 3.05) is 26.4 Å². The highest BCUT2D eigenvalue weighted by atomic mass is 79.9. The number of allylic oxidation sites excluding steroid dienone is 3. The molecule has 2 N–H and O–H groups in total.